The molecule has 0 aliphatic carbocycles. The Morgan fingerprint density at radius 3 is 2.53 bits per heavy atom. The van der Waals surface area contributed by atoms with Crippen molar-refractivity contribution >= 4 is 10.9 Å². The molecule has 0 fully saturated rings. The SMILES string of the molecule is CCCCc1nc2cncc(C)c2c(=O)n1Cc1ccc(-c2ccccc2-c2nn[nH]n2)cc1. The van der Waals surface area contributed by atoms with E-state index in [4.69, 9.17) is 4.98 Å². The Bertz CT molecular complexity index is 1490. The fourth-order valence-corrected chi connectivity index (χ4v) is 4.23. The molecule has 0 saturated heterocycles. The largest absolute Gasteiger partial charge is 0.292 e. The van der Waals surface area contributed by atoms with E-state index in [-0.39, 0.29) is 5.56 Å². The van der Waals surface area contributed by atoms with Crippen LogP contribution in [0.5, 0.6) is 0 Å². The fraction of sp³-hybridized carbons (Fsp3) is 0.231. The number of pyridine rings is 1. The first-order chi connectivity index (χ1) is 16.7. The number of rotatable bonds is 7. The molecule has 0 aliphatic rings. The molecule has 0 amide bonds. The van der Waals surface area contributed by atoms with Gasteiger partial charge in [-0.25, -0.2) is 4.98 Å². The van der Waals surface area contributed by atoms with Crippen LogP contribution in [0, 0.1) is 6.92 Å². The number of benzene rings is 2. The van der Waals surface area contributed by atoms with Crippen LogP contribution < -0.4 is 5.56 Å². The highest BCUT2D eigenvalue weighted by atomic mass is 16.1. The number of aromatic amines is 1. The van der Waals surface area contributed by atoms with Crippen molar-refractivity contribution in [1.82, 2.24) is 35.2 Å². The van der Waals surface area contributed by atoms with E-state index >= 15 is 0 Å². The van der Waals surface area contributed by atoms with Crippen LogP contribution in [0.4, 0.5) is 0 Å². The molecule has 1 N–H and O–H groups in total. The van der Waals surface area contributed by atoms with Crippen molar-refractivity contribution in [3.8, 4) is 22.5 Å². The predicted octanol–water partition coefficient (Wildman–Crippen LogP) is 4.34. The molecule has 0 aliphatic heterocycles. The van der Waals surface area contributed by atoms with Gasteiger partial charge in [0.15, 0.2) is 0 Å². The summed E-state index contributed by atoms with van der Waals surface area (Å²) in [6, 6.07) is 16.2. The van der Waals surface area contributed by atoms with Gasteiger partial charge in [0.25, 0.3) is 5.56 Å². The number of tetrazole rings is 1. The van der Waals surface area contributed by atoms with Crippen LogP contribution in [0.25, 0.3) is 33.4 Å². The maximum absolute atomic E-state index is 13.5. The molecule has 0 radical (unpaired) electrons. The average Bonchev–Trinajstić information content (AvgIpc) is 3.40. The third kappa shape index (κ3) is 4.10. The summed E-state index contributed by atoms with van der Waals surface area (Å²) in [7, 11) is 0. The average molecular weight is 452 g/mol. The highest BCUT2D eigenvalue weighted by Gasteiger charge is 2.14. The second kappa shape index (κ2) is 9.35. The summed E-state index contributed by atoms with van der Waals surface area (Å²) in [5.41, 5.74) is 5.51. The van der Waals surface area contributed by atoms with Crippen molar-refractivity contribution in [3.05, 3.63) is 88.2 Å². The van der Waals surface area contributed by atoms with E-state index in [2.05, 4.69) is 56.8 Å². The van der Waals surface area contributed by atoms with Gasteiger partial charge in [0.05, 0.1) is 23.6 Å². The first kappa shape index (κ1) is 21.6. The van der Waals surface area contributed by atoms with Gasteiger partial charge in [-0.15, -0.1) is 10.2 Å². The van der Waals surface area contributed by atoms with E-state index < -0.39 is 0 Å². The van der Waals surface area contributed by atoms with E-state index in [0.29, 0.717) is 23.3 Å². The Morgan fingerprint density at radius 2 is 1.79 bits per heavy atom. The summed E-state index contributed by atoms with van der Waals surface area (Å²) in [6.45, 7) is 4.51. The monoisotopic (exact) mass is 451 g/mol. The summed E-state index contributed by atoms with van der Waals surface area (Å²) in [5, 5.41) is 15.1. The van der Waals surface area contributed by atoms with Crippen molar-refractivity contribution in [2.45, 2.75) is 39.7 Å². The molecular formula is C26H25N7O. The van der Waals surface area contributed by atoms with Crippen molar-refractivity contribution in [2.24, 2.45) is 0 Å². The van der Waals surface area contributed by atoms with Gasteiger partial charge < -0.3 is 0 Å². The predicted molar refractivity (Wildman–Crippen MR) is 131 cm³/mol. The van der Waals surface area contributed by atoms with E-state index in [9.17, 15) is 4.79 Å². The Morgan fingerprint density at radius 1 is 1.00 bits per heavy atom. The normalized spacial score (nSPS) is 11.2. The van der Waals surface area contributed by atoms with E-state index in [1.807, 2.05) is 35.8 Å². The lowest BCUT2D eigenvalue weighted by Crippen LogP contribution is -2.26. The number of nitrogens with one attached hydrogen (secondary N) is 1. The number of aromatic nitrogens is 7. The zero-order valence-electron chi connectivity index (χ0n) is 19.2. The number of hydrogen-bond acceptors (Lipinski definition) is 6. The molecule has 0 spiro atoms. The minimum atomic E-state index is -0.0115. The summed E-state index contributed by atoms with van der Waals surface area (Å²) in [6.07, 6.45) is 6.17. The van der Waals surface area contributed by atoms with E-state index in [0.717, 1.165) is 52.9 Å². The second-order valence-corrected chi connectivity index (χ2v) is 8.35. The van der Waals surface area contributed by atoms with E-state index in [1.54, 1.807) is 12.4 Å². The summed E-state index contributed by atoms with van der Waals surface area (Å²) in [5.74, 6) is 1.36. The maximum Gasteiger partial charge on any atom is 0.262 e. The molecule has 0 atom stereocenters. The maximum atomic E-state index is 13.5. The molecule has 3 heterocycles. The van der Waals surface area contributed by atoms with Gasteiger partial charge in [-0.3, -0.25) is 14.3 Å². The highest BCUT2D eigenvalue weighted by Crippen LogP contribution is 2.29. The quantitative estimate of drug-likeness (QED) is 0.395. The number of hydrogen-bond donors (Lipinski definition) is 1. The molecule has 2 aromatic carbocycles. The van der Waals surface area contributed by atoms with Crippen LogP contribution in [0.3, 0.4) is 0 Å². The minimum absolute atomic E-state index is 0.0115. The standard InChI is InChI=1S/C26H25N7O/c1-3-4-9-23-28-22-15-27-14-17(2)24(22)26(34)33(23)16-18-10-12-19(13-11-18)20-7-5-6-8-21(20)25-29-31-32-30-25/h5-8,10-15H,3-4,9,16H2,1-2H3,(H,29,30,31,32). The summed E-state index contributed by atoms with van der Waals surface area (Å²) < 4.78 is 1.81. The van der Waals surface area contributed by atoms with Crippen LogP contribution in [-0.4, -0.2) is 35.2 Å². The van der Waals surface area contributed by atoms with Gasteiger partial charge in [-0.1, -0.05) is 61.9 Å². The van der Waals surface area contributed by atoms with Gasteiger partial charge in [-0.2, -0.15) is 5.21 Å². The lowest BCUT2D eigenvalue weighted by atomic mass is 9.98. The molecule has 34 heavy (non-hydrogen) atoms. The van der Waals surface area contributed by atoms with Crippen LogP contribution in [-0.2, 0) is 13.0 Å². The molecule has 5 aromatic rings. The lowest BCUT2D eigenvalue weighted by Gasteiger charge is -2.15. The minimum Gasteiger partial charge on any atom is -0.292 e. The lowest BCUT2D eigenvalue weighted by molar-refractivity contribution is 0.645. The third-order valence-electron chi connectivity index (χ3n) is 6.01. The molecule has 0 bridgehead atoms. The Hall–Kier alpha value is -4.20. The molecule has 170 valence electrons. The number of aryl methyl sites for hydroxylation is 2. The van der Waals surface area contributed by atoms with Gasteiger partial charge in [0.1, 0.15) is 5.82 Å². The van der Waals surface area contributed by atoms with Crippen LogP contribution in [0.1, 0.15) is 36.7 Å². The van der Waals surface area contributed by atoms with E-state index in [1.165, 1.54) is 0 Å². The Kier molecular flexibility index (Phi) is 5.95. The number of unbranched alkanes of at least 4 members (excludes halogenated alkanes) is 1. The van der Waals surface area contributed by atoms with Gasteiger partial charge >= 0.3 is 0 Å². The summed E-state index contributed by atoms with van der Waals surface area (Å²) >= 11 is 0. The van der Waals surface area contributed by atoms with Gasteiger partial charge in [0.2, 0.25) is 5.82 Å². The first-order valence-corrected chi connectivity index (χ1v) is 11.4. The first-order valence-electron chi connectivity index (χ1n) is 11.4. The number of nitrogens with zero attached hydrogens (tertiary/aromatic N) is 6. The molecule has 3 aromatic heterocycles. The third-order valence-corrected chi connectivity index (χ3v) is 6.01. The molecule has 5 rings (SSSR count). The fourth-order valence-electron chi connectivity index (χ4n) is 4.23. The van der Waals surface area contributed by atoms with Gasteiger partial charge in [-0.05, 0) is 40.8 Å². The Balaban J connectivity index is 1.52. The molecule has 0 unspecified atom stereocenters. The second-order valence-electron chi connectivity index (χ2n) is 8.35. The van der Waals surface area contributed by atoms with Crippen LogP contribution >= 0.6 is 0 Å². The molecule has 8 nitrogen and oxygen atoms in total. The number of fused-ring (bicyclic) bond motifs is 1. The van der Waals surface area contributed by atoms with Crippen molar-refractivity contribution < 1.29 is 0 Å². The highest BCUT2D eigenvalue weighted by molar-refractivity contribution is 5.81. The van der Waals surface area contributed by atoms with Crippen LogP contribution in [0.15, 0.2) is 65.7 Å². The topological polar surface area (TPSA) is 102 Å². The number of H-pyrrole nitrogens is 1. The van der Waals surface area contributed by atoms with Crippen LogP contribution in [0.2, 0.25) is 0 Å². The smallest absolute Gasteiger partial charge is 0.262 e. The zero-order chi connectivity index (χ0) is 23.5. The van der Waals surface area contributed by atoms with Crippen molar-refractivity contribution in [2.75, 3.05) is 0 Å². The summed E-state index contributed by atoms with van der Waals surface area (Å²) in [4.78, 5) is 22.5. The zero-order valence-corrected chi connectivity index (χ0v) is 19.2. The van der Waals surface area contributed by atoms with Crippen molar-refractivity contribution in [1.29, 1.82) is 0 Å². The molecule has 0 saturated carbocycles. The van der Waals surface area contributed by atoms with Gasteiger partial charge in [0, 0.05) is 18.2 Å². The molecular weight excluding hydrogens is 426 g/mol. The Labute approximate surface area is 196 Å². The molecule has 8 heteroatoms. The van der Waals surface area contributed by atoms with Crippen molar-refractivity contribution in [3.63, 3.8) is 0 Å².